The minimum Gasteiger partial charge on any atom is -0.500 e. The smallest absolute Gasteiger partial charge is 0.130 e. The van der Waals surface area contributed by atoms with Gasteiger partial charge in [0.05, 0.1) is 25.3 Å². The van der Waals surface area contributed by atoms with Crippen LogP contribution < -0.4 is 5.19 Å². The van der Waals surface area contributed by atoms with Gasteiger partial charge in [-0.1, -0.05) is 150 Å². The Bertz CT molecular complexity index is 3170. The van der Waals surface area contributed by atoms with E-state index in [4.69, 9.17) is 13.5 Å². The van der Waals surface area contributed by atoms with Crippen molar-refractivity contribution < 1.29 is 34.4 Å². The van der Waals surface area contributed by atoms with Crippen molar-refractivity contribution in [3.63, 3.8) is 0 Å². The van der Waals surface area contributed by atoms with Gasteiger partial charge >= 0.3 is 0 Å². The number of halogens is 1. The summed E-state index contributed by atoms with van der Waals surface area (Å²) in [5, 5.41) is 13.1. The van der Waals surface area contributed by atoms with E-state index in [9.17, 15) is 11.0 Å². The molecule has 0 unspecified atom stereocenters. The third-order valence-electron chi connectivity index (χ3n) is 13.0. The summed E-state index contributed by atoms with van der Waals surface area (Å²) in [6.45, 7) is 17.9. The van der Waals surface area contributed by atoms with Gasteiger partial charge < -0.3 is 14.4 Å². The first-order chi connectivity index (χ1) is 32.6. The number of fused-ring (bicyclic) bond motifs is 3. The topological polar surface area (TPSA) is 62.7 Å². The Hall–Kier alpha value is -5.30. The van der Waals surface area contributed by atoms with E-state index in [-0.39, 0.29) is 43.3 Å². The second-order valence-corrected chi connectivity index (χ2v) is 30.3. The molecule has 1 saturated heterocycles. The summed E-state index contributed by atoms with van der Waals surface area (Å²) >= 11 is 0. The van der Waals surface area contributed by atoms with Gasteiger partial charge in [-0.2, -0.15) is 5.26 Å². The van der Waals surface area contributed by atoms with Crippen molar-refractivity contribution >= 4 is 43.3 Å². The van der Waals surface area contributed by atoms with Crippen LogP contribution in [0, 0.1) is 36.1 Å². The van der Waals surface area contributed by atoms with Crippen molar-refractivity contribution in [3.8, 4) is 50.8 Å². The molecule has 1 aliphatic rings. The molecule has 1 fully saturated rings. The second kappa shape index (κ2) is 19.9. The molecule has 0 amide bonds. The zero-order chi connectivity index (χ0) is 49.6. The van der Waals surface area contributed by atoms with E-state index >= 15 is 0 Å². The zero-order valence-electron chi connectivity index (χ0n) is 43.4. The standard InChI is InChI=1S/C44H45N2OSi.C14H15FNSi.Ir/c1-27(2)37-22-33(30-18-20-48(6,7)21-19-30)23-38(28(3)4)42(37)39-24-40(46-26-29(39)5)36-15-11-14-34-35-17-16-32(25-45)41(44(35)47-43(34)36)31-12-9-8-10-13-31;1-17(2,3)13-8-9-14(16-10-13)11-4-6-12(15)7-5-11;/h8-14,16-17,22-24,26-28,30H,18-21H2,1-7H3;4,6-10H,1-3H3;/q2*-1;/i5D3,30D;;. The van der Waals surface area contributed by atoms with Gasteiger partial charge in [0.2, 0.25) is 0 Å². The number of nitriles is 1. The molecule has 5 aromatic carbocycles. The fourth-order valence-electron chi connectivity index (χ4n) is 8.97. The van der Waals surface area contributed by atoms with Crippen molar-refractivity contribution in [3.05, 3.63) is 161 Å². The van der Waals surface area contributed by atoms with Gasteiger partial charge in [-0.15, -0.1) is 48.0 Å². The molecule has 0 saturated carbocycles. The molecule has 8 aromatic rings. The number of furan rings is 1. The van der Waals surface area contributed by atoms with Gasteiger partial charge in [0.15, 0.2) is 0 Å². The molecule has 4 heterocycles. The molecule has 0 aliphatic carbocycles. The van der Waals surface area contributed by atoms with Crippen LogP contribution in [0.5, 0.6) is 0 Å². The van der Waals surface area contributed by atoms with E-state index in [1.54, 1.807) is 6.07 Å². The van der Waals surface area contributed by atoms with E-state index in [1.165, 1.54) is 23.5 Å². The van der Waals surface area contributed by atoms with Crippen molar-refractivity contribution in [2.45, 2.75) is 110 Å². The molecule has 1 radical (unpaired) electrons. The van der Waals surface area contributed by atoms with Gasteiger partial charge in [-0.25, -0.2) is 0 Å². The molecular formula is C58H60FIrN3OSi2-2. The summed E-state index contributed by atoms with van der Waals surface area (Å²) in [6.07, 6.45) is 5.15. The Balaban J connectivity index is 0.000000338. The Morgan fingerprint density at radius 3 is 2.09 bits per heavy atom. The van der Waals surface area contributed by atoms with Crippen LogP contribution >= 0.6 is 0 Å². The molecule has 4 nitrogen and oxygen atoms in total. The molecule has 0 atom stereocenters. The maximum Gasteiger partial charge on any atom is 0.130 e. The quantitative estimate of drug-likeness (QED) is 0.112. The maximum atomic E-state index is 12.8. The normalized spacial score (nSPS) is 15.5. The number of aromatic nitrogens is 2. The number of rotatable bonds is 8. The first-order valence-electron chi connectivity index (χ1n) is 24.8. The molecule has 1 aliphatic heterocycles. The predicted molar refractivity (Wildman–Crippen MR) is 275 cm³/mol. The largest absolute Gasteiger partial charge is 0.500 e. The predicted octanol–water partition coefficient (Wildman–Crippen LogP) is 16.0. The average Bonchev–Trinajstić information content (AvgIpc) is 3.71. The Kier molecular flexibility index (Phi) is 13.0. The molecule has 9 rings (SSSR count). The Morgan fingerprint density at radius 2 is 1.50 bits per heavy atom. The Morgan fingerprint density at radius 1 is 0.818 bits per heavy atom. The summed E-state index contributed by atoms with van der Waals surface area (Å²) in [6, 6.07) is 43.1. The zero-order valence-corrected chi connectivity index (χ0v) is 43.8. The number of hydrogen-bond acceptors (Lipinski definition) is 4. The van der Waals surface area contributed by atoms with Crippen molar-refractivity contribution in [2.24, 2.45) is 0 Å². The van der Waals surface area contributed by atoms with Gasteiger partial charge in [-0.3, -0.25) is 4.39 Å². The van der Waals surface area contributed by atoms with Crippen molar-refractivity contribution in [1.82, 2.24) is 9.97 Å². The first-order valence-corrected chi connectivity index (χ1v) is 29.7. The summed E-state index contributed by atoms with van der Waals surface area (Å²) in [5.74, 6) is -0.752. The van der Waals surface area contributed by atoms with E-state index in [2.05, 4.69) is 102 Å². The monoisotopic (exact) mass is 1090 g/mol. The van der Waals surface area contributed by atoms with Crippen molar-refractivity contribution in [1.29, 1.82) is 5.26 Å². The van der Waals surface area contributed by atoms with Crippen LogP contribution in [-0.2, 0) is 20.1 Å². The fraction of sp³-hybridized carbons (Fsp3) is 0.293. The Labute approximate surface area is 412 Å². The van der Waals surface area contributed by atoms with E-state index in [1.807, 2.05) is 72.9 Å². The number of hydrogen-bond donors (Lipinski definition) is 0. The van der Waals surface area contributed by atoms with Crippen molar-refractivity contribution in [2.75, 3.05) is 0 Å². The molecule has 3 aromatic heterocycles. The van der Waals surface area contributed by atoms with Gasteiger partial charge in [0.1, 0.15) is 5.58 Å². The molecule has 0 N–H and O–H groups in total. The number of aryl methyl sites for hydroxylation is 1. The van der Waals surface area contributed by atoms with E-state index < -0.39 is 28.9 Å². The van der Waals surface area contributed by atoms with Crippen LogP contribution in [0.2, 0.25) is 44.8 Å². The summed E-state index contributed by atoms with van der Waals surface area (Å²) in [7, 11) is -2.58. The van der Waals surface area contributed by atoms with Crippen LogP contribution in [0.1, 0.15) is 91.6 Å². The summed E-state index contributed by atoms with van der Waals surface area (Å²) < 4.78 is 55.0. The molecule has 8 heteroatoms. The summed E-state index contributed by atoms with van der Waals surface area (Å²) in [5.41, 5.74) is 11.1. The first kappa shape index (κ1) is 43.3. The van der Waals surface area contributed by atoms with Crippen LogP contribution in [0.4, 0.5) is 4.39 Å². The number of pyridine rings is 2. The van der Waals surface area contributed by atoms with Gasteiger partial charge in [0.25, 0.3) is 0 Å². The van der Waals surface area contributed by atoms with Crippen LogP contribution in [-0.4, -0.2) is 26.1 Å². The van der Waals surface area contributed by atoms with Gasteiger partial charge in [-0.05, 0) is 99.0 Å². The SMILES string of the molecule is C[Si](C)(C)c1ccc(-c2[c-]cc(F)cc2)nc1.[2H]C([2H])([2H])c1cnc(-c2[c-]ccc3c2oc2c(-c4ccccc4)c(C#N)ccc23)cc1-c1c(C(C)C)cc(C2([2H])CC[Si](C)(C)CC2)cc1C(C)C.[Ir]. The minimum absolute atomic E-state index is 0. The number of nitrogens with zero attached hydrogens (tertiary/aromatic N) is 3. The van der Waals surface area contributed by atoms with E-state index in [0.29, 0.717) is 33.6 Å². The van der Waals surface area contributed by atoms with Crippen LogP contribution in [0.15, 0.2) is 120 Å². The van der Waals surface area contributed by atoms with Crippen LogP contribution in [0.25, 0.3) is 66.7 Å². The molecule has 0 spiro atoms. The molecule has 0 bridgehead atoms. The average molecular weight is 1090 g/mol. The molecule has 66 heavy (non-hydrogen) atoms. The fourth-order valence-corrected chi connectivity index (χ4v) is 12.2. The maximum absolute atomic E-state index is 12.8. The van der Waals surface area contributed by atoms with Gasteiger partial charge in [0, 0.05) is 62.8 Å². The minimum atomic E-state index is -2.41. The third kappa shape index (κ3) is 10.2. The molecular weight excluding hydrogens is 1020 g/mol. The van der Waals surface area contributed by atoms with E-state index in [0.717, 1.165) is 80.3 Å². The van der Waals surface area contributed by atoms with Crippen LogP contribution in [0.3, 0.4) is 0 Å². The summed E-state index contributed by atoms with van der Waals surface area (Å²) in [4.78, 5) is 9.20. The third-order valence-corrected chi connectivity index (χ3v) is 18.2. The molecule has 339 valence electrons. The second-order valence-electron chi connectivity index (χ2n) is 19.9. The number of benzene rings is 5.